The number of hydrogen-bond acceptors (Lipinski definition) is 4. The van der Waals surface area contributed by atoms with Gasteiger partial charge in [-0.3, -0.25) is 0 Å². The number of rotatable bonds is 2. The molecule has 0 fully saturated rings. The van der Waals surface area contributed by atoms with Gasteiger partial charge in [0.05, 0.1) is 16.7 Å². The van der Waals surface area contributed by atoms with Crippen LogP contribution in [0.1, 0.15) is 0 Å². The molecule has 0 spiro atoms. The van der Waals surface area contributed by atoms with Crippen molar-refractivity contribution in [1.29, 1.82) is 0 Å². The first-order valence-electron chi connectivity index (χ1n) is 13.7. The molecule has 0 atom stereocenters. The van der Waals surface area contributed by atoms with E-state index in [-0.39, 0.29) is 0 Å². The van der Waals surface area contributed by atoms with E-state index in [9.17, 15) is 0 Å². The molecule has 9 aromatic rings. The Hall–Kier alpha value is -5.19. The summed E-state index contributed by atoms with van der Waals surface area (Å²) in [5, 5.41) is 9.46. The van der Waals surface area contributed by atoms with Crippen molar-refractivity contribution in [3.63, 3.8) is 0 Å². The van der Waals surface area contributed by atoms with Crippen molar-refractivity contribution in [2.45, 2.75) is 0 Å². The average Bonchev–Trinajstić information content (AvgIpc) is 3.44. The lowest BCUT2D eigenvalue weighted by Gasteiger charge is -2.15. The zero-order valence-corrected chi connectivity index (χ0v) is 22.7. The van der Waals surface area contributed by atoms with Gasteiger partial charge in [0.1, 0.15) is 5.69 Å². The number of nitrogens with zero attached hydrogens (tertiary/aromatic N) is 3. The lowest BCUT2D eigenvalue weighted by atomic mass is 9.93. The van der Waals surface area contributed by atoms with Gasteiger partial charge in [-0.05, 0) is 23.6 Å². The van der Waals surface area contributed by atoms with Gasteiger partial charge in [0.2, 0.25) is 0 Å². The maximum absolute atomic E-state index is 5.31. The number of benzene rings is 6. The molecule has 3 nitrogen and oxygen atoms in total. The standard InChI is InChI=1S/C37H21N3S/c1-2-12-22(13-3-1)34-26-17-7-10-20-29(26)39-37(40-34)35-32-23-14-4-5-15-24(23)36-33(27-18-8-11-21-30(27)41-36)31(32)25-16-6-9-19-28(25)38-35/h1-21H. The highest BCUT2D eigenvalue weighted by molar-refractivity contribution is 7.27. The zero-order valence-electron chi connectivity index (χ0n) is 21.9. The molecule has 0 saturated heterocycles. The summed E-state index contributed by atoms with van der Waals surface area (Å²) in [5.41, 5.74) is 4.65. The van der Waals surface area contributed by atoms with Crippen LogP contribution < -0.4 is 0 Å². The molecule has 190 valence electrons. The molecule has 0 bridgehead atoms. The Morgan fingerprint density at radius 1 is 0.390 bits per heavy atom. The van der Waals surface area contributed by atoms with Crippen LogP contribution in [0.15, 0.2) is 127 Å². The number of pyridine rings is 1. The summed E-state index contributed by atoms with van der Waals surface area (Å²) in [6, 6.07) is 44.6. The lowest BCUT2D eigenvalue weighted by Crippen LogP contribution is -1.99. The SMILES string of the molecule is c1ccc(-c2nc(-c3nc4ccccc4c4c3c3ccccc3c3sc5ccccc5c34)nc3ccccc23)cc1. The normalized spacial score (nSPS) is 11.9. The predicted molar refractivity (Wildman–Crippen MR) is 174 cm³/mol. The second-order valence-corrected chi connectivity index (χ2v) is 11.4. The van der Waals surface area contributed by atoms with E-state index in [1.165, 1.54) is 36.3 Å². The molecule has 0 radical (unpaired) electrons. The molecule has 0 aliphatic heterocycles. The third kappa shape index (κ3) is 3.28. The van der Waals surface area contributed by atoms with E-state index in [0.29, 0.717) is 5.82 Å². The highest BCUT2D eigenvalue weighted by atomic mass is 32.1. The first-order chi connectivity index (χ1) is 20.3. The molecule has 4 heteroatoms. The number of hydrogen-bond donors (Lipinski definition) is 0. The van der Waals surface area contributed by atoms with Gasteiger partial charge in [0, 0.05) is 52.7 Å². The van der Waals surface area contributed by atoms with Crippen LogP contribution in [0.4, 0.5) is 0 Å². The van der Waals surface area contributed by atoms with E-state index >= 15 is 0 Å². The van der Waals surface area contributed by atoms with E-state index in [0.717, 1.165) is 44.1 Å². The molecule has 0 unspecified atom stereocenters. The second-order valence-electron chi connectivity index (χ2n) is 10.4. The smallest absolute Gasteiger partial charge is 0.180 e. The van der Waals surface area contributed by atoms with Gasteiger partial charge in [0.25, 0.3) is 0 Å². The van der Waals surface area contributed by atoms with Crippen molar-refractivity contribution < 1.29 is 0 Å². The van der Waals surface area contributed by atoms with Gasteiger partial charge < -0.3 is 0 Å². The van der Waals surface area contributed by atoms with E-state index in [2.05, 4.69) is 109 Å². The molecule has 0 amide bonds. The molecular weight excluding hydrogens is 518 g/mol. The molecule has 3 aromatic heterocycles. The maximum Gasteiger partial charge on any atom is 0.180 e. The number of para-hydroxylation sites is 2. The van der Waals surface area contributed by atoms with Crippen LogP contribution in [0.25, 0.3) is 86.3 Å². The van der Waals surface area contributed by atoms with Crippen molar-refractivity contribution in [3.8, 4) is 22.8 Å². The van der Waals surface area contributed by atoms with Crippen LogP contribution in [0, 0.1) is 0 Å². The van der Waals surface area contributed by atoms with E-state index in [1.54, 1.807) is 0 Å². The minimum absolute atomic E-state index is 0.641. The summed E-state index contributed by atoms with van der Waals surface area (Å²) in [7, 11) is 0. The van der Waals surface area contributed by atoms with Gasteiger partial charge in [0.15, 0.2) is 5.82 Å². The topological polar surface area (TPSA) is 38.7 Å². The molecular formula is C37H21N3S. The molecule has 9 rings (SSSR count). The van der Waals surface area contributed by atoms with Crippen molar-refractivity contribution in [3.05, 3.63) is 127 Å². The van der Waals surface area contributed by atoms with Gasteiger partial charge in [-0.25, -0.2) is 15.0 Å². The van der Waals surface area contributed by atoms with E-state index in [1.807, 2.05) is 29.5 Å². The van der Waals surface area contributed by atoms with Gasteiger partial charge in [-0.2, -0.15) is 0 Å². The van der Waals surface area contributed by atoms with Crippen molar-refractivity contribution >= 4 is 74.9 Å². The van der Waals surface area contributed by atoms with E-state index in [4.69, 9.17) is 15.0 Å². The van der Waals surface area contributed by atoms with Crippen molar-refractivity contribution in [2.75, 3.05) is 0 Å². The molecule has 3 heterocycles. The summed E-state index contributed by atoms with van der Waals surface area (Å²) in [5.74, 6) is 0.641. The van der Waals surface area contributed by atoms with Gasteiger partial charge in [-0.1, -0.05) is 109 Å². The van der Waals surface area contributed by atoms with Gasteiger partial charge in [-0.15, -0.1) is 11.3 Å². The zero-order chi connectivity index (χ0) is 26.9. The van der Waals surface area contributed by atoms with Crippen LogP contribution in [-0.4, -0.2) is 15.0 Å². The minimum atomic E-state index is 0.641. The third-order valence-corrected chi connectivity index (χ3v) is 9.25. The first kappa shape index (κ1) is 22.6. The Kier molecular flexibility index (Phi) is 4.77. The fraction of sp³-hybridized carbons (Fsp3) is 0. The van der Waals surface area contributed by atoms with Crippen molar-refractivity contribution in [2.24, 2.45) is 0 Å². The maximum atomic E-state index is 5.31. The Balaban J connectivity index is 1.54. The fourth-order valence-electron chi connectivity index (χ4n) is 6.28. The fourth-order valence-corrected chi connectivity index (χ4v) is 7.53. The Morgan fingerprint density at radius 3 is 1.80 bits per heavy atom. The summed E-state index contributed by atoms with van der Waals surface area (Å²) >= 11 is 1.87. The first-order valence-corrected chi connectivity index (χ1v) is 14.5. The molecule has 0 N–H and O–H groups in total. The quantitative estimate of drug-likeness (QED) is 0.205. The summed E-state index contributed by atoms with van der Waals surface area (Å²) in [6.45, 7) is 0. The number of thiophene rings is 1. The minimum Gasteiger partial charge on any atom is -0.244 e. The third-order valence-electron chi connectivity index (χ3n) is 8.04. The highest BCUT2D eigenvalue weighted by Gasteiger charge is 2.22. The summed E-state index contributed by atoms with van der Waals surface area (Å²) in [6.07, 6.45) is 0. The lowest BCUT2D eigenvalue weighted by molar-refractivity contribution is 1.20. The van der Waals surface area contributed by atoms with Crippen molar-refractivity contribution in [1.82, 2.24) is 15.0 Å². The Morgan fingerprint density at radius 2 is 1.00 bits per heavy atom. The number of aromatic nitrogens is 3. The number of fused-ring (bicyclic) bond motifs is 11. The Labute approximate surface area is 239 Å². The monoisotopic (exact) mass is 539 g/mol. The Bertz CT molecular complexity index is 2480. The van der Waals surface area contributed by atoms with Gasteiger partial charge >= 0.3 is 0 Å². The van der Waals surface area contributed by atoms with Crippen LogP contribution in [0.3, 0.4) is 0 Å². The van der Waals surface area contributed by atoms with Crippen LogP contribution in [0.2, 0.25) is 0 Å². The molecule has 41 heavy (non-hydrogen) atoms. The molecule has 0 aliphatic carbocycles. The molecule has 0 saturated carbocycles. The molecule has 0 aliphatic rings. The molecule has 6 aromatic carbocycles. The average molecular weight is 540 g/mol. The van der Waals surface area contributed by atoms with Crippen LogP contribution in [-0.2, 0) is 0 Å². The van der Waals surface area contributed by atoms with Crippen LogP contribution in [0.5, 0.6) is 0 Å². The van der Waals surface area contributed by atoms with Crippen LogP contribution >= 0.6 is 11.3 Å². The predicted octanol–water partition coefficient (Wildman–Crippen LogP) is 10.2. The van der Waals surface area contributed by atoms with E-state index < -0.39 is 0 Å². The second kappa shape index (κ2) is 8.65. The largest absolute Gasteiger partial charge is 0.244 e. The highest BCUT2D eigenvalue weighted by Crippen LogP contribution is 2.48. The summed E-state index contributed by atoms with van der Waals surface area (Å²) < 4.78 is 2.59. The summed E-state index contributed by atoms with van der Waals surface area (Å²) in [4.78, 5) is 15.7.